The van der Waals surface area contributed by atoms with Gasteiger partial charge in [-0.1, -0.05) is 53.4 Å². The topological polar surface area (TPSA) is 138 Å². The van der Waals surface area contributed by atoms with Crippen molar-refractivity contribution in [2.24, 2.45) is 5.41 Å². The van der Waals surface area contributed by atoms with Gasteiger partial charge >= 0.3 is 23.9 Å². The molecule has 0 aliphatic carbocycles. The molecule has 1 aromatic rings. The monoisotopic (exact) mass is 450 g/mol. The zero-order chi connectivity index (χ0) is 24.5. The highest BCUT2D eigenvalue weighted by atomic mass is 16.5. The summed E-state index contributed by atoms with van der Waals surface area (Å²) in [6.45, 7) is 8.45. The van der Waals surface area contributed by atoms with Crippen LogP contribution in [0.5, 0.6) is 0 Å². The summed E-state index contributed by atoms with van der Waals surface area (Å²) in [7, 11) is 0. The first-order valence-corrected chi connectivity index (χ1v) is 11.1. The van der Waals surface area contributed by atoms with E-state index in [4.69, 9.17) is 4.74 Å². The second-order valence-electron chi connectivity index (χ2n) is 8.10. The van der Waals surface area contributed by atoms with Gasteiger partial charge in [-0.15, -0.1) is 0 Å². The maximum absolute atomic E-state index is 12.7. The Kier molecular flexibility index (Phi) is 10.4. The second-order valence-corrected chi connectivity index (χ2v) is 8.10. The second kappa shape index (κ2) is 12.2. The molecule has 1 rings (SSSR count). The van der Waals surface area contributed by atoms with Crippen molar-refractivity contribution in [1.29, 1.82) is 0 Å². The molecule has 0 radical (unpaired) electrons. The first kappa shape index (κ1) is 27.1. The largest absolute Gasteiger partial charge is 0.478 e. The first-order valence-electron chi connectivity index (χ1n) is 11.1. The highest BCUT2D eigenvalue weighted by molar-refractivity contribution is 6.09. The van der Waals surface area contributed by atoms with Crippen molar-refractivity contribution < 1.29 is 39.2 Å². The quantitative estimate of drug-likeness (QED) is 0.250. The number of benzene rings is 1. The van der Waals surface area contributed by atoms with Crippen LogP contribution in [0.15, 0.2) is 12.1 Å². The van der Waals surface area contributed by atoms with Crippen LogP contribution >= 0.6 is 0 Å². The van der Waals surface area contributed by atoms with E-state index in [-0.39, 0.29) is 0 Å². The summed E-state index contributed by atoms with van der Waals surface area (Å²) in [6, 6.07) is 1.45. The number of hydrogen-bond donors (Lipinski definition) is 3. The van der Waals surface area contributed by atoms with Crippen LogP contribution in [0.3, 0.4) is 0 Å². The van der Waals surface area contributed by atoms with E-state index in [1.165, 1.54) is 0 Å². The van der Waals surface area contributed by atoms with Gasteiger partial charge in [0.25, 0.3) is 0 Å². The van der Waals surface area contributed by atoms with Gasteiger partial charge in [0, 0.05) is 0 Å². The van der Waals surface area contributed by atoms with Gasteiger partial charge in [0.05, 0.1) is 22.3 Å². The Bertz CT molecular complexity index is 830. The molecule has 0 aliphatic rings. The minimum atomic E-state index is -1.60. The van der Waals surface area contributed by atoms with Gasteiger partial charge < -0.3 is 20.1 Å². The van der Waals surface area contributed by atoms with E-state index in [1.807, 2.05) is 6.92 Å². The van der Waals surface area contributed by atoms with Gasteiger partial charge in [0.1, 0.15) is 6.10 Å². The van der Waals surface area contributed by atoms with Crippen molar-refractivity contribution in [1.82, 2.24) is 0 Å². The van der Waals surface area contributed by atoms with E-state index in [0.717, 1.165) is 44.6 Å². The average molecular weight is 451 g/mol. The molecule has 0 bridgehead atoms. The number of carbonyl (C=O) groups is 4. The van der Waals surface area contributed by atoms with E-state index in [9.17, 15) is 34.5 Å². The van der Waals surface area contributed by atoms with Gasteiger partial charge in [0.15, 0.2) is 0 Å². The molecule has 8 heteroatoms. The van der Waals surface area contributed by atoms with E-state index in [2.05, 4.69) is 20.8 Å². The summed E-state index contributed by atoms with van der Waals surface area (Å²) < 4.78 is 5.48. The SMILES string of the molecule is CCC(CCCCC(CC)(CC)CC)OC(=O)c1cc(C(=O)O)c(C(=O)O)cc1C(=O)O. The fourth-order valence-corrected chi connectivity index (χ4v) is 4.01. The third kappa shape index (κ3) is 6.80. The Balaban J connectivity index is 2.99. The van der Waals surface area contributed by atoms with Crippen LogP contribution in [-0.2, 0) is 4.74 Å². The molecule has 32 heavy (non-hydrogen) atoms. The molecule has 0 saturated carbocycles. The lowest BCUT2D eigenvalue weighted by atomic mass is 9.75. The summed E-state index contributed by atoms with van der Waals surface area (Å²) in [5.41, 5.74) is -2.12. The van der Waals surface area contributed by atoms with Crippen LogP contribution in [0.25, 0.3) is 0 Å². The predicted molar refractivity (Wildman–Crippen MR) is 119 cm³/mol. The summed E-state index contributed by atoms with van der Waals surface area (Å²) in [5.74, 6) is -5.69. The van der Waals surface area contributed by atoms with Crippen LogP contribution in [0.1, 0.15) is 120 Å². The summed E-state index contributed by atoms with van der Waals surface area (Å²) in [6.07, 6.45) is 6.94. The molecule has 1 unspecified atom stereocenters. The minimum Gasteiger partial charge on any atom is -0.478 e. The Morgan fingerprint density at radius 1 is 0.781 bits per heavy atom. The Morgan fingerprint density at radius 3 is 1.62 bits per heavy atom. The third-order valence-electron chi connectivity index (χ3n) is 6.53. The van der Waals surface area contributed by atoms with Crippen molar-refractivity contribution in [2.75, 3.05) is 0 Å². The Morgan fingerprint density at radius 2 is 1.22 bits per heavy atom. The molecule has 0 fully saturated rings. The summed E-state index contributed by atoms with van der Waals surface area (Å²) >= 11 is 0. The van der Waals surface area contributed by atoms with Crippen LogP contribution in [-0.4, -0.2) is 45.3 Å². The zero-order valence-corrected chi connectivity index (χ0v) is 19.3. The van der Waals surface area contributed by atoms with Gasteiger partial charge in [-0.05, 0) is 43.2 Å². The van der Waals surface area contributed by atoms with Crippen molar-refractivity contribution in [3.63, 3.8) is 0 Å². The molecule has 3 N–H and O–H groups in total. The number of carboxylic acids is 3. The van der Waals surface area contributed by atoms with Crippen LogP contribution in [0.2, 0.25) is 0 Å². The fourth-order valence-electron chi connectivity index (χ4n) is 4.01. The standard InChI is InChI=1S/C24H34O8/c1-5-15(11-9-10-12-24(6-2,7-3)8-4)32-23(31)19-14-17(21(27)28)16(20(25)26)13-18(19)22(29)30/h13-15H,5-12H2,1-4H3,(H,25,26)(H,27,28)(H,29,30). The number of carbonyl (C=O) groups excluding carboxylic acids is 1. The lowest BCUT2D eigenvalue weighted by Gasteiger charge is -2.30. The van der Waals surface area contributed by atoms with Crippen LogP contribution in [0.4, 0.5) is 0 Å². The third-order valence-corrected chi connectivity index (χ3v) is 6.53. The molecule has 178 valence electrons. The fraction of sp³-hybridized carbons (Fsp3) is 0.583. The van der Waals surface area contributed by atoms with Crippen LogP contribution in [0, 0.1) is 5.41 Å². The summed E-state index contributed by atoms with van der Waals surface area (Å²) in [4.78, 5) is 47.0. The first-order chi connectivity index (χ1) is 15.1. The van der Waals surface area contributed by atoms with E-state index in [1.54, 1.807) is 0 Å². The number of rotatable bonds is 14. The molecule has 8 nitrogen and oxygen atoms in total. The van der Waals surface area contributed by atoms with Crippen LogP contribution < -0.4 is 0 Å². The number of ether oxygens (including phenoxy) is 1. The van der Waals surface area contributed by atoms with Crippen molar-refractivity contribution in [3.8, 4) is 0 Å². The molecule has 0 spiro atoms. The predicted octanol–water partition coefficient (Wildman–Crippen LogP) is 5.49. The van der Waals surface area contributed by atoms with Gasteiger partial charge in [0.2, 0.25) is 0 Å². The molecular weight excluding hydrogens is 416 g/mol. The lowest BCUT2D eigenvalue weighted by molar-refractivity contribution is 0.0258. The number of hydrogen-bond acceptors (Lipinski definition) is 5. The normalized spacial score (nSPS) is 12.2. The smallest absolute Gasteiger partial charge is 0.339 e. The van der Waals surface area contributed by atoms with Crippen molar-refractivity contribution >= 4 is 23.9 Å². The van der Waals surface area contributed by atoms with E-state index >= 15 is 0 Å². The molecule has 0 aromatic heterocycles. The van der Waals surface area contributed by atoms with Crippen molar-refractivity contribution in [3.05, 3.63) is 34.4 Å². The van der Waals surface area contributed by atoms with Gasteiger partial charge in [-0.2, -0.15) is 0 Å². The molecule has 0 aliphatic heterocycles. The number of aromatic carboxylic acids is 3. The Hall–Kier alpha value is -2.90. The van der Waals surface area contributed by atoms with Gasteiger partial charge in [-0.25, -0.2) is 19.2 Å². The van der Waals surface area contributed by atoms with Gasteiger partial charge in [-0.3, -0.25) is 0 Å². The summed E-state index contributed by atoms with van der Waals surface area (Å²) in [5, 5.41) is 27.9. The molecule has 1 atom stereocenters. The maximum atomic E-state index is 12.7. The average Bonchev–Trinajstić information content (AvgIpc) is 2.77. The maximum Gasteiger partial charge on any atom is 0.339 e. The molecule has 0 amide bonds. The molecule has 0 heterocycles. The highest BCUT2D eigenvalue weighted by Gasteiger charge is 2.28. The molecular formula is C24H34O8. The Labute approximate surface area is 188 Å². The number of unbranched alkanes of at least 4 members (excludes halogenated alkanes) is 1. The van der Waals surface area contributed by atoms with E-state index < -0.39 is 52.2 Å². The van der Waals surface area contributed by atoms with E-state index in [0.29, 0.717) is 24.3 Å². The van der Waals surface area contributed by atoms with Crippen molar-refractivity contribution in [2.45, 2.75) is 85.2 Å². The minimum absolute atomic E-state index is 0.327. The zero-order valence-electron chi connectivity index (χ0n) is 19.3. The number of esters is 1. The highest BCUT2D eigenvalue weighted by Crippen LogP contribution is 2.36. The lowest BCUT2D eigenvalue weighted by Crippen LogP contribution is -2.22. The number of carboxylic acid groups (broad SMARTS) is 3. The molecule has 0 saturated heterocycles. The molecule has 1 aromatic carbocycles.